The minimum atomic E-state index is -0.343. The number of benzene rings is 2. The lowest BCUT2D eigenvalue weighted by atomic mass is 10.0. The number of hydrazine groups is 1. The number of amides is 2. The molecule has 144 valence electrons. The normalized spacial score (nSPS) is 21.0. The summed E-state index contributed by atoms with van der Waals surface area (Å²) >= 11 is 9.33. The van der Waals surface area contributed by atoms with E-state index < -0.39 is 0 Å². The number of hydrogen-bond donors (Lipinski definition) is 2. The number of rotatable bonds is 4. The number of nitrogens with one attached hydrogen (secondary N) is 2. The van der Waals surface area contributed by atoms with Crippen molar-refractivity contribution in [3.8, 4) is 0 Å². The summed E-state index contributed by atoms with van der Waals surface area (Å²) in [7, 11) is 0. The van der Waals surface area contributed by atoms with E-state index in [1.54, 1.807) is 18.5 Å². The van der Waals surface area contributed by atoms with Gasteiger partial charge in [0.05, 0.1) is 6.04 Å². The van der Waals surface area contributed by atoms with Crippen LogP contribution in [0, 0.1) is 0 Å². The molecule has 0 saturated carbocycles. The highest BCUT2D eigenvalue weighted by molar-refractivity contribution is 9.10. The summed E-state index contributed by atoms with van der Waals surface area (Å²) in [6.07, 6.45) is 4.06. The third-order valence-electron chi connectivity index (χ3n) is 4.77. The van der Waals surface area contributed by atoms with E-state index in [1.165, 1.54) is 4.90 Å². The quantitative estimate of drug-likeness (QED) is 0.729. The summed E-state index contributed by atoms with van der Waals surface area (Å²) in [5.41, 5.74) is 5.08. The predicted octanol–water partition coefficient (Wildman–Crippen LogP) is 3.67. The molecule has 0 aliphatic carbocycles. The van der Waals surface area contributed by atoms with Crippen LogP contribution in [0.25, 0.3) is 0 Å². The number of carbonyl (C=O) groups excluding carboxylic acids is 2. The average Bonchev–Trinajstić information content (AvgIpc) is 3.10. The molecule has 8 heteroatoms. The Bertz CT molecular complexity index is 934. The zero-order valence-electron chi connectivity index (χ0n) is 14.8. The maximum absolute atomic E-state index is 12.9. The summed E-state index contributed by atoms with van der Waals surface area (Å²) in [4.78, 5) is 26.7. The smallest absolute Gasteiger partial charge is 0.251 e. The molecule has 2 N–H and O–H groups in total. The average molecular weight is 462 g/mol. The summed E-state index contributed by atoms with van der Waals surface area (Å²) < 4.78 is 0.875. The van der Waals surface area contributed by atoms with Gasteiger partial charge in [0.25, 0.3) is 5.91 Å². The first-order chi connectivity index (χ1) is 13.5. The molecule has 2 atom stereocenters. The molecule has 6 nitrogen and oxygen atoms in total. The maximum atomic E-state index is 12.9. The number of carbonyl (C=O) groups is 2. The number of hydrogen-bond acceptors (Lipinski definition) is 4. The first-order valence-electron chi connectivity index (χ1n) is 8.84. The van der Waals surface area contributed by atoms with Gasteiger partial charge in [-0.2, -0.15) is 0 Å². The van der Waals surface area contributed by atoms with Crippen molar-refractivity contribution in [2.45, 2.75) is 18.5 Å². The molecule has 4 rings (SSSR count). The Morgan fingerprint density at radius 3 is 2.75 bits per heavy atom. The van der Waals surface area contributed by atoms with Gasteiger partial charge in [0.1, 0.15) is 12.6 Å². The highest BCUT2D eigenvalue weighted by Crippen LogP contribution is 2.31. The van der Waals surface area contributed by atoms with Crippen LogP contribution in [-0.4, -0.2) is 34.3 Å². The first-order valence-corrected chi connectivity index (χ1v) is 10.0. The summed E-state index contributed by atoms with van der Waals surface area (Å²) in [5.74, 6) is -0.347. The van der Waals surface area contributed by atoms with Crippen molar-refractivity contribution in [1.29, 1.82) is 0 Å². The van der Waals surface area contributed by atoms with Crippen LogP contribution in [0.5, 0.6) is 0 Å². The molecular weight excluding hydrogens is 444 g/mol. The second-order valence-electron chi connectivity index (χ2n) is 6.71. The van der Waals surface area contributed by atoms with Crippen molar-refractivity contribution >= 4 is 45.0 Å². The van der Waals surface area contributed by atoms with Crippen LogP contribution < -0.4 is 10.7 Å². The van der Waals surface area contributed by atoms with Crippen LogP contribution in [-0.2, 0) is 9.59 Å². The Balaban J connectivity index is 1.39. The third-order valence-corrected chi connectivity index (χ3v) is 5.51. The van der Waals surface area contributed by atoms with Crippen molar-refractivity contribution in [1.82, 2.24) is 15.3 Å². The molecule has 0 radical (unpaired) electrons. The van der Waals surface area contributed by atoms with Gasteiger partial charge in [-0.25, -0.2) is 5.43 Å². The van der Waals surface area contributed by atoms with Crippen molar-refractivity contribution in [3.05, 3.63) is 76.0 Å². The van der Waals surface area contributed by atoms with Gasteiger partial charge in [-0.3, -0.25) is 9.59 Å². The van der Waals surface area contributed by atoms with E-state index >= 15 is 0 Å². The van der Waals surface area contributed by atoms with Crippen LogP contribution >= 0.6 is 27.5 Å². The highest BCUT2D eigenvalue weighted by atomic mass is 79.9. The second kappa shape index (κ2) is 7.95. The van der Waals surface area contributed by atoms with Gasteiger partial charge in [0, 0.05) is 27.6 Å². The molecule has 0 spiro atoms. The summed E-state index contributed by atoms with van der Waals surface area (Å²) in [5, 5.41) is 5.30. The van der Waals surface area contributed by atoms with Gasteiger partial charge in [0.2, 0.25) is 5.91 Å². The molecule has 28 heavy (non-hydrogen) atoms. The monoisotopic (exact) mass is 460 g/mol. The van der Waals surface area contributed by atoms with Gasteiger partial charge in [-0.05, 0) is 42.3 Å². The van der Waals surface area contributed by atoms with Gasteiger partial charge < -0.3 is 15.2 Å². The van der Waals surface area contributed by atoms with E-state index in [1.807, 2.05) is 47.5 Å². The summed E-state index contributed by atoms with van der Waals surface area (Å²) in [6, 6.07) is 14.6. The Morgan fingerprint density at radius 1 is 1.21 bits per heavy atom. The van der Waals surface area contributed by atoms with E-state index in [-0.39, 0.29) is 30.4 Å². The second-order valence-corrected chi connectivity index (χ2v) is 8.07. The van der Waals surface area contributed by atoms with Crippen LogP contribution in [0.1, 0.15) is 18.0 Å². The van der Waals surface area contributed by atoms with Gasteiger partial charge in [-0.1, -0.05) is 45.7 Å². The third kappa shape index (κ3) is 4.06. The molecule has 2 heterocycles. The molecule has 2 aliphatic heterocycles. The molecule has 2 unspecified atom stereocenters. The largest absolute Gasteiger partial charge is 0.324 e. The lowest BCUT2D eigenvalue weighted by molar-refractivity contribution is -0.137. The van der Waals surface area contributed by atoms with Gasteiger partial charge in [0.15, 0.2) is 0 Å². The van der Waals surface area contributed by atoms with Gasteiger partial charge in [-0.15, -0.1) is 0 Å². The molecule has 0 bridgehead atoms. The van der Waals surface area contributed by atoms with E-state index in [4.69, 9.17) is 11.6 Å². The fourth-order valence-corrected chi connectivity index (χ4v) is 3.93. The Kier molecular flexibility index (Phi) is 5.39. The van der Waals surface area contributed by atoms with Crippen LogP contribution in [0.15, 0.2) is 65.4 Å². The molecule has 1 fully saturated rings. The number of halogens is 2. The molecule has 2 amide bonds. The zero-order valence-corrected chi connectivity index (χ0v) is 17.2. The molecule has 0 aromatic heterocycles. The highest BCUT2D eigenvalue weighted by Gasteiger charge is 2.40. The Morgan fingerprint density at radius 2 is 2.00 bits per heavy atom. The minimum absolute atomic E-state index is 0.0197. The number of fused-ring (bicyclic) bond motifs is 1. The van der Waals surface area contributed by atoms with Gasteiger partial charge >= 0.3 is 0 Å². The SMILES string of the molecule is O=C(CN1C=CN2NC(c3ccc(Cl)cc3)CC2C1=O)Nc1cccc(Br)c1. The van der Waals surface area contributed by atoms with Crippen LogP contribution in [0.3, 0.4) is 0 Å². The predicted molar refractivity (Wildman–Crippen MR) is 111 cm³/mol. The lowest BCUT2D eigenvalue weighted by Gasteiger charge is -2.31. The van der Waals surface area contributed by atoms with Crippen molar-refractivity contribution in [2.24, 2.45) is 0 Å². The van der Waals surface area contributed by atoms with Crippen molar-refractivity contribution in [2.75, 3.05) is 11.9 Å². The van der Waals surface area contributed by atoms with E-state index in [0.29, 0.717) is 17.1 Å². The molecule has 2 aromatic rings. The maximum Gasteiger partial charge on any atom is 0.251 e. The zero-order chi connectivity index (χ0) is 19.7. The fraction of sp³-hybridized carbons (Fsp3) is 0.200. The van der Waals surface area contributed by atoms with E-state index in [9.17, 15) is 9.59 Å². The molecular formula is C20H18BrClN4O2. The lowest BCUT2D eigenvalue weighted by Crippen LogP contribution is -2.49. The standard InChI is InChI=1S/C20H18BrClN4O2/c21-14-2-1-3-16(10-14)23-19(27)12-25-8-9-26-18(20(25)28)11-17(24-26)13-4-6-15(22)7-5-13/h1-10,17-18,24H,11-12H2,(H,23,27). The molecule has 1 saturated heterocycles. The molecule has 2 aliphatic rings. The van der Waals surface area contributed by atoms with Crippen LogP contribution in [0.2, 0.25) is 5.02 Å². The van der Waals surface area contributed by atoms with Crippen molar-refractivity contribution < 1.29 is 9.59 Å². The Labute approximate surface area is 176 Å². The van der Waals surface area contributed by atoms with Crippen LogP contribution in [0.4, 0.5) is 5.69 Å². The van der Waals surface area contributed by atoms with E-state index in [2.05, 4.69) is 26.7 Å². The number of nitrogens with zero attached hydrogens (tertiary/aromatic N) is 2. The topological polar surface area (TPSA) is 64.7 Å². The molecule has 2 aromatic carbocycles. The summed E-state index contributed by atoms with van der Waals surface area (Å²) in [6.45, 7) is -0.0300. The van der Waals surface area contributed by atoms with Crippen molar-refractivity contribution in [3.63, 3.8) is 0 Å². The van der Waals surface area contributed by atoms with E-state index in [0.717, 1.165) is 10.0 Å². The minimum Gasteiger partial charge on any atom is -0.324 e. The number of anilines is 1. The first kappa shape index (κ1) is 19.0. The fourth-order valence-electron chi connectivity index (χ4n) is 3.40. The Hall–Kier alpha value is -2.35.